The third kappa shape index (κ3) is 3.59. The third-order valence-electron chi connectivity index (χ3n) is 3.02. The number of Topliss-reactive ketones (excluding diaryl/α,β-unsaturated/α-hetero) is 1. The quantitative estimate of drug-likeness (QED) is 0.781. The molecule has 0 atom stereocenters. The van der Waals surface area contributed by atoms with Crippen LogP contribution in [0.2, 0.25) is 0 Å². The van der Waals surface area contributed by atoms with Gasteiger partial charge in [-0.25, -0.2) is 0 Å². The molecule has 1 aromatic rings. The zero-order valence-electron chi connectivity index (χ0n) is 10.3. The van der Waals surface area contributed by atoms with Gasteiger partial charge in [0.2, 0.25) is 0 Å². The first-order valence-corrected chi connectivity index (χ1v) is 7.28. The molecule has 1 fully saturated rings. The van der Waals surface area contributed by atoms with Crippen molar-refractivity contribution in [1.29, 1.82) is 5.26 Å². The third-order valence-corrected chi connectivity index (χ3v) is 4.07. The fourth-order valence-corrected chi connectivity index (χ4v) is 2.91. The molecule has 2 rings (SSSR count). The Morgan fingerprint density at radius 2 is 2.06 bits per heavy atom. The lowest BCUT2D eigenvalue weighted by atomic mass is 10.1. The van der Waals surface area contributed by atoms with Gasteiger partial charge in [0.15, 0.2) is 5.78 Å². The van der Waals surface area contributed by atoms with Gasteiger partial charge in [0.25, 0.3) is 0 Å². The first-order chi connectivity index (χ1) is 8.79. The van der Waals surface area contributed by atoms with Crippen LogP contribution in [-0.2, 0) is 0 Å². The van der Waals surface area contributed by atoms with Gasteiger partial charge in [0.05, 0.1) is 18.2 Å². The highest BCUT2D eigenvalue weighted by Gasteiger charge is 2.14. The standard InChI is InChI=1S/C14H16N2OS/c15-10-12-2-4-13(5-3-12)14(17)11-16-6-1-8-18-9-7-16/h2-5H,1,6-9,11H2. The Bertz CT molecular complexity index is 442. The lowest BCUT2D eigenvalue weighted by molar-refractivity contribution is 0.0936. The predicted molar refractivity (Wildman–Crippen MR) is 73.9 cm³/mol. The molecule has 3 nitrogen and oxygen atoms in total. The summed E-state index contributed by atoms with van der Waals surface area (Å²) in [5.41, 5.74) is 1.30. The van der Waals surface area contributed by atoms with Crippen LogP contribution in [0.15, 0.2) is 24.3 Å². The zero-order valence-corrected chi connectivity index (χ0v) is 11.1. The van der Waals surface area contributed by atoms with Crippen LogP contribution < -0.4 is 0 Å². The summed E-state index contributed by atoms with van der Waals surface area (Å²) in [6.45, 7) is 2.49. The van der Waals surface area contributed by atoms with Crippen LogP contribution in [0.4, 0.5) is 0 Å². The van der Waals surface area contributed by atoms with Crippen LogP contribution in [-0.4, -0.2) is 41.8 Å². The van der Waals surface area contributed by atoms with E-state index in [0.717, 1.165) is 25.3 Å². The normalized spacial score (nSPS) is 16.8. The Hall–Kier alpha value is -1.31. The number of hydrogen-bond donors (Lipinski definition) is 0. The summed E-state index contributed by atoms with van der Waals surface area (Å²) < 4.78 is 0. The maximum atomic E-state index is 12.1. The Kier molecular flexibility index (Phi) is 4.80. The summed E-state index contributed by atoms with van der Waals surface area (Å²) in [6, 6.07) is 8.95. The number of rotatable bonds is 3. The number of carbonyl (C=O) groups is 1. The van der Waals surface area contributed by atoms with Crippen molar-refractivity contribution >= 4 is 17.5 Å². The molecule has 0 unspecified atom stereocenters. The number of hydrogen-bond acceptors (Lipinski definition) is 4. The number of nitriles is 1. The molecule has 0 bridgehead atoms. The molecule has 0 amide bonds. The highest BCUT2D eigenvalue weighted by molar-refractivity contribution is 7.99. The fraction of sp³-hybridized carbons (Fsp3) is 0.429. The molecule has 0 aliphatic carbocycles. The molecule has 1 aromatic carbocycles. The summed E-state index contributed by atoms with van der Waals surface area (Å²) in [7, 11) is 0. The molecule has 18 heavy (non-hydrogen) atoms. The first-order valence-electron chi connectivity index (χ1n) is 6.13. The van der Waals surface area contributed by atoms with Crippen LogP contribution >= 0.6 is 11.8 Å². The van der Waals surface area contributed by atoms with Gasteiger partial charge in [0, 0.05) is 17.9 Å². The van der Waals surface area contributed by atoms with Crippen molar-refractivity contribution in [3.63, 3.8) is 0 Å². The SMILES string of the molecule is N#Cc1ccc(C(=O)CN2CCCSCC2)cc1. The van der Waals surface area contributed by atoms with E-state index in [1.54, 1.807) is 24.3 Å². The topological polar surface area (TPSA) is 44.1 Å². The molecule has 0 saturated carbocycles. The van der Waals surface area contributed by atoms with Crippen molar-refractivity contribution in [2.24, 2.45) is 0 Å². The van der Waals surface area contributed by atoms with E-state index in [4.69, 9.17) is 5.26 Å². The van der Waals surface area contributed by atoms with Crippen LogP contribution in [0, 0.1) is 11.3 Å². The lowest BCUT2D eigenvalue weighted by Crippen LogP contribution is -2.31. The maximum absolute atomic E-state index is 12.1. The second-order valence-corrected chi connectivity index (χ2v) is 5.58. The summed E-state index contributed by atoms with van der Waals surface area (Å²) in [4.78, 5) is 14.3. The predicted octanol–water partition coefficient (Wildman–Crippen LogP) is 2.18. The molecule has 94 valence electrons. The Labute approximate surface area is 112 Å². The van der Waals surface area contributed by atoms with Crippen LogP contribution in [0.5, 0.6) is 0 Å². The highest BCUT2D eigenvalue weighted by atomic mass is 32.2. The molecule has 0 N–H and O–H groups in total. The van der Waals surface area contributed by atoms with Crippen molar-refractivity contribution in [2.45, 2.75) is 6.42 Å². The molecule has 1 aliphatic heterocycles. The van der Waals surface area contributed by atoms with Crippen molar-refractivity contribution in [3.05, 3.63) is 35.4 Å². The molecule has 4 heteroatoms. The molecule has 1 heterocycles. The molecule has 0 radical (unpaired) electrons. The van der Waals surface area contributed by atoms with Gasteiger partial charge in [-0.05, 0) is 30.9 Å². The van der Waals surface area contributed by atoms with E-state index in [-0.39, 0.29) is 5.78 Å². The van der Waals surface area contributed by atoms with Crippen molar-refractivity contribution in [2.75, 3.05) is 31.1 Å². The average molecular weight is 260 g/mol. The molecular formula is C14H16N2OS. The molecular weight excluding hydrogens is 244 g/mol. The average Bonchev–Trinajstić information content (AvgIpc) is 2.67. The Morgan fingerprint density at radius 1 is 1.28 bits per heavy atom. The smallest absolute Gasteiger partial charge is 0.176 e. The fourth-order valence-electron chi connectivity index (χ4n) is 1.98. The lowest BCUT2D eigenvalue weighted by Gasteiger charge is -2.18. The summed E-state index contributed by atoms with van der Waals surface area (Å²) in [5, 5.41) is 8.71. The van der Waals surface area contributed by atoms with Crippen molar-refractivity contribution in [1.82, 2.24) is 4.90 Å². The van der Waals surface area contributed by atoms with E-state index in [1.165, 1.54) is 5.75 Å². The van der Waals surface area contributed by atoms with E-state index >= 15 is 0 Å². The number of nitrogens with zero attached hydrogens (tertiary/aromatic N) is 2. The minimum atomic E-state index is 0.145. The summed E-state index contributed by atoms with van der Waals surface area (Å²) in [6.07, 6.45) is 1.16. The van der Waals surface area contributed by atoms with Gasteiger partial charge < -0.3 is 0 Å². The maximum Gasteiger partial charge on any atom is 0.176 e. The monoisotopic (exact) mass is 260 g/mol. The second kappa shape index (κ2) is 6.58. The van der Waals surface area contributed by atoms with Gasteiger partial charge in [-0.2, -0.15) is 17.0 Å². The highest BCUT2D eigenvalue weighted by Crippen LogP contribution is 2.11. The van der Waals surface area contributed by atoms with E-state index in [1.807, 2.05) is 11.8 Å². The second-order valence-electron chi connectivity index (χ2n) is 4.35. The molecule has 0 spiro atoms. The van der Waals surface area contributed by atoms with Gasteiger partial charge in [-0.1, -0.05) is 12.1 Å². The number of benzene rings is 1. The van der Waals surface area contributed by atoms with E-state index in [2.05, 4.69) is 11.0 Å². The largest absolute Gasteiger partial charge is 0.295 e. The molecule has 1 aliphatic rings. The molecule has 0 aromatic heterocycles. The minimum absolute atomic E-state index is 0.145. The van der Waals surface area contributed by atoms with Gasteiger partial charge in [-0.15, -0.1) is 0 Å². The first kappa shape index (κ1) is 13.1. The van der Waals surface area contributed by atoms with Gasteiger partial charge in [0.1, 0.15) is 0 Å². The summed E-state index contributed by atoms with van der Waals surface area (Å²) >= 11 is 1.96. The van der Waals surface area contributed by atoms with Crippen LogP contribution in [0.1, 0.15) is 22.3 Å². The summed E-state index contributed by atoms with van der Waals surface area (Å²) in [5.74, 6) is 2.45. The van der Waals surface area contributed by atoms with Gasteiger partial charge in [-0.3, -0.25) is 9.69 Å². The van der Waals surface area contributed by atoms with E-state index in [0.29, 0.717) is 17.7 Å². The van der Waals surface area contributed by atoms with Crippen LogP contribution in [0.3, 0.4) is 0 Å². The van der Waals surface area contributed by atoms with Crippen molar-refractivity contribution < 1.29 is 4.79 Å². The number of thioether (sulfide) groups is 1. The number of ketones is 1. The Morgan fingerprint density at radius 3 is 2.78 bits per heavy atom. The van der Waals surface area contributed by atoms with Crippen LogP contribution in [0.25, 0.3) is 0 Å². The zero-order chi connectivity index (χ0) is 12.8. The van der Waals surface area contributed by atoms with E-state index < -0.39 is 0 Å². The molecule has 1 saturated heterocycles. The van der Waals surface area contributed by atoms with Gasteiger partial charge >= 0.3 is 0 Å². The number of carbonyl (C=O) groups excluding carboxylic acids is 1. The van der Waals surface area contributed by atoms with Crippen molar-refractivity contribution in [3.8, 4) is 6.07 Å². The Balaban J connectivity index is 1.95. The van der Waals surface area contributed by atoms with E-state index in [9.17, 15) is 4.79 Å². The minimum Gasteiger partial charge on any atom is -0.295 e.